The first-order valence-electron chi connectivity index (χ1n) is 16.9. The van der Waals surface area contributed by atoms with Crippen molar-refractivity contribution < 1.29 is 80.5 Å². The van der Waals surface area contributed by atoms with E-state index in [2.05, 4.69) is 57.3 Å². The monoisotopic (exact) mass is 875 g/mol. The highest BCUT2D eigenvalue weighted by molar-refractivity contribution is 8.13. The number of imidazole rings is 1. The Hall–Kier alpha value is -2.44. The highest BCUT2D eigenvalue weighted by Crippen LogP contribution is 2.56. The summed E-state index contributed by atoms with van der Waals surface area (Å²) in [4.78, 5) is 95.9. The summed E-state index contributed by atoms with van der Waals surface area (Å²) < 4.78 is 60.5. The molecule has 0 spiro atoms. The van der Waals surface area contributed by atoms with Crippen molar-refractivity contribution in [3.05, 3.63) is 12.7 Å². The van der Waals surface area contributed by atoms with Crippen LogP contribution in [0.25, 0.3) is 11.2 Å². The molecule has 1 aliphatic rings. The first-order valence-corrected chi connectivity index (χ1v) is 22.3. The third kappa shape index (κ3) is 15.1. The molecular formula is C28H44N7O17P3S-4. The van der Waals surface area contributed by atoms with Gasteiger partial charge in [-0.05, 0) is 12.3 Å². The van der Waals surface area contributed by atoms with Crippen LogP contribution in [0.15, 0.2) is 12.7 Å². The summed E-state index contributed by atoms with van der Waals surface area (Å²) >= 11 is 1.11. The number of carbonyl (C=O) groups excluding carboxylic acids is 3. The summed E-state index contributed by atoms with van der Waals surface area (Å²) in [6, 6.07) is 0. The van der Waals surface area contributed by atoms with E-state index in [-0.39, 0.29) is 41.6 Å². The molecule has 2 aromatic rings. The van der Waals surface area contributed by atoms with Crippen molar-refractivity contribution in [1.82, 2.24) is 30.2 Å². The number of carbonyl (C=O) groups is 3. The number of hydrogen-bond acceptors (Lipinski definition) is 22. The van der Waals surface area contributed by atoms with E-state index in [0.29, 0.717) is 18.1 Å². The fraction of sp³-hybridized carbons (Fsp3) is 0.714. The molecule has 28 heteroatoms. The first-order chi connectivity index (χ1) is 25.9. The third-order valence-corrected chi connectivity index (χ3v) is 11.8. The number of rotatable bonds is 23. The second kappa shape index (κ2) is 20.5. The van der Waals surface area contributed by atoms with Crippen LogP contribution in [0.2, 0.25) is 0 Å². The topological polar surface area (TPSA) is 375 Å². The standard InChI is InChI=1S/C28H48N7O17P3S/c1-16(2)6-5-7-19(37)56-11-10-30-18(36)8-9-31-26(40)23(39)28(3,4)13-49-55(46,47)52-54(44,45)48-12-17-22(51-53(41,42)43)21(38)27(50-17)35-15-34-20-24(29)32-14-33-25(20)35/h14-17,21-23,27,38-39H,5-13H2,1-4H3,(H,30,36)(H,31,40)(H,44,45)(H,46,47)(H2,29,32,33)(H2,41,42,43)/p-4/t17-,21-,22-,23+,27-/m1/s1. The zero-order chi connectivity index (χ0) is 42.1. The number of ether oxygens (including phenoxy) is 1. The number of fused-ring (bicyclic) bond motifs is 1. The van der Waals surface area contributed by atoms with E-state index in [1.807, 2.05) is 0 Å². The van der Waals surface area contributed by atoms with Gasteiger partial charge in [0.25, 0.3) is 15.6 Å². The number of phosphoric ester groups is 3. The maximum Gasteiger partial charge on any atom is 0.274 e. The van der Waals surface area contributed by atoms with Gasteiger partial charge in [0.15, 0.2) is 22.8 Å². The molecule has 1 saturated heterocycles. The molecule has 1 fully saturated rings. The Labute approximate surface area is 325 Å². The second-order valence-corrected chi connectivity index (χ2v) is 18.7. The molecule has 0 aromatic carbocycles. The van der Waals surface area contributed by atoms with Gasteiger partial charge in [0.1, 0.15) is 36.3 Å². The Morgan fingerprint density at radius 1 is 1.05 bits per heavy atom. The van der Waals surface area contributed by atoms with Crippen LogP contribution >= 0.6 is 35.2 Å². The average Bonchev–Trinajstić information content (AvgIpc) is 3.64. The quantitative estimate of drug-likeness (QED) is 0.0593. The molecule has 2 aromatic heterocycles. The molecule has 0 radical (unpaired) electrons. The van der Waals surface area contributed by atoms with Crippen LogP contribution in [0.3, 0.4) is 0 Å². The van der Waals surface area contributed by atoms with Crippen LogP contribution in [0, 0.1) is 11.3 Å². The van der Waals surface area contributed by atoms with Crippen LogP contribution < -0.4 is 35.9 Å². The lowest BCUT2D eigenvalue weighted by atomic mass is 9.87. The van der Waals surface area contributed by atoms with Crippen molar-refractivity contribution in [3.63, 3.8) is 0 Å². The van der Waals surface area contributed by atoms with Crippen molar-refractivity contribution in [2.45, 2.75) is 84.0 Å². The van der Waals surface area contributed by atoms with E-state index < -0.39 is 84.6 Å². The first kappa shape index (κ1) is 47.9. The minimum Gasteiger partial charge on any atom is -0.790 e. The molecule has 3 heterocycles. The molecule has 0 saturated carbocycles. The Balaban J connectivity index is 1.47. The highest BCUT2D eigenvalue weighted by Gasteiger charge is 2.47. The van der Waals surface area contributed by atoms with Crippen molar-refractivity contribution >= 4 is 69.1 Å². The average molecular weight is 876 g/mol. The lowest BCUT2D eigenvalue weighted by Gasteiger charge is -2.36. The summed E-state index contributed by atoms with van der Waals surface area (Å²) in [5.41, 5.74) is 4.08. The van der Waals surface area contributed by atoms with Gasteiger partial charge in [0, 0.05) is 37.1 Å². The number of hydrogen-bond donors (Lipinski definition) is 5. The minimum atomic E-state index is -5.91. The predicted molar refractivity (Wildman–Crippen MR) is 187 cm³/mol. The molecule has 2 unspecified atom stereocenters. The lowest BCUT2D eigenvalue weighted by molar-refractivity contribution is -0.347. The van der Waals surface area contributed by atoms with Gasteiger partial charge in [-0.3, -0.25) is 28.1 Å². The summed E-state index contributed by atoms with van der Waals surface area (Å²) in [7, 11) is -17.6. The highest BCUT2D eigenvalue weighted by atomic mass is 32.2. The Morgan fingerprint density at radius 2 is 1.73 bits per heavy atom. The minimum absolute atomic E-state index is 0.0200. The van der Waals surface area contributed by atoms with Crippen molar-refractivity contribution in [1.29, 1.82) is 0 Å². The Kier molecular flexibility index (Phi) is 17.5. The van der Waals surface area contributed by atoms with E-state index >= 15 is 0 Å². The Bertz CT molecular complexity index is 1810. The number of aromatic nitrogens is 4. The van der Waals surface area contributed by atoms with E-state index in [0.717, 1.165) is 41.8 Å². The van der Waals surface area contributed by atoms with Gasteiger partial charge >= 0.3 is 0 Å². The van der Waals surface area contributed by atoms with E-state index in [4.69, 9.17) is 10.5 Å². The van der Waals surface area contributed by atoms with Crippen molar-refractivity contribution in [2.75, 3.05) is 37.8 Å². The van der Waals surface area contributed by atoms with Gasteiger partial charge in [0.05, 0.1) is 27.4 Å². The number of nitrogens with two attached hydrogens (primary N) is 1. The van der Waals surface area contributed by atoms with Gasteiger partial charge in [-0.1, -0.05) is 45.9 Å². The third-order valence-electron chi connectivity index (χ3n) is 7.90. The van der Waals surface area contributed by atoms with Crippen molar-refractivity contribution in [3.8, 4) is 0 Å². The molecule has 6 N–H and O–H groups in total. The van der Waals surface area contributed by atoms with Crippen LogP contribution in [0.5, 0.6) is 0 Å². The number of nitrogen functional groups attached to an aromatic ring is 1. The van der Waals surface area contributed by atoms with Gasteiger partial charge in [-0.25, -0.2) is 19.3 Å². The number of nitrogens with zero attached hydrogens (tertiary/aromatic N) is 4. The molecule has 1 aliphatic heterocycles. The van der Waals surface area contributed by atoms with E-state index in [1.54, 1.807) is 0 Å². The smallest absolute Gasteiger partial charge is 0.274 e. The number of anilines is 1. The number of aliphatic hydroxyl groups is 2. The summed E-state index contributed by atoms with van der Waals surface area (Å²) in [5, 5.41) is 26.2. The molecule has 0 bridgehead atoms. The zero-order valence-corrected chi connectivity index (χ0v) is 34.1. The van der Waals surface area contributed by atoms with Gasteiger partial charge in [-0.15, -0.1) is 0 Å². The van der Waals surface area contributed by atoms with Gasteiger partial charge in [-0.2, -0.15) is 0 Å². The summed E-state index contributed by atoms with van der Waals surface area (Å²) in [6.07, 6.45) is -5.37. The number of phosphoric acid groups is 3. The van der Waals surface area contributed by atoms with Gasteiger partial charge < -0.3 is 69.0 Å². The van der Waals surface area contributed by atoms with Crippen molar-refractivity contribution in [2.24, 2.45) is 11.3 Å². The number of amides is 2. The van der Waals surface area contributed by atoms with E-state index in [9.17, 15) is 57.9 Å². The fourth-order valence-corrected chi connectivity index (χ4v) is 8.46. The van der Waals surface area contributed by atoms with Crippen LogP contribution in [-0.4, -0.2) is 103 Å². The molecule has 0 aliphatic carbocycles. The number of aliphatic hydroxyl groups excluding tert-OH is 2. The molecule has 2 amide bonds. The number of thioether (sulfide) groups is 1. The van der Waals surface area contributed by atoms with Crippen LogP contribution in [0.4, 0.5) is 5.82 Å². The molecular weight excluding hydrogens is 831 g/mol. The molecule has 24 nitrogen and oxygen atoms in total. The maximum atomic E-state index is 12.5. The maximum absolute atomic E-state index is 12.5. The van der Waals surface area contributed by atoms with Gasteiger partial charge in [0.2, 0.25) is 11.8 Å². The number of nitrogens with one attached hydrogen (secondary N) is 2. The van der Waals surface area contributed by atoms with Crippen LogP contribution in [0.1, 0.15) is 59.6 Å². The largest absolute Gasteiger partial charge is 0.790 e. The lowest BCUT2D eigenvalue weighted by Crippen LogP contribution is -2.46. The normalized spacial score (nSPS) is 21.8. The Morgan fingerprint density at radius 3 is 2.39 bits per heavy atom. The fourth-order valence-electron chi connectivity index (χ4n) is 5.00. The molecule has 318 valence electrons. The van der Waals surface area contributed by atoms with Crippen LogP contribution in [-0.2, 0) is 50.7 Å². The summed E-state index contributed by atoms with van der Waals surface area (Å²) in [6.45, 7) is 4.28. The second-order valence-electron chi connectivity index (χ2n) is 13.5. The molecule has 7 atom stereocenters. The zero-order valence-electron chi connectivity index (χ0n) is 30.6. The summed E-state index contributed by atoms with van der Waals surface area (Å²) in [5.74, 6) is -0.654. The molecule has 56 heavy (non-hydrogen) atoms. The molecule has 3 rings (SSSR count). The van der Waals surface area contributed by atoms with E-state index in [1.165, 1.54) is 13.8 Å². The SMILES string of the molecule is CC(C)CCCC(=O)SCCNC(=O)CCNC(=O)[C@H](O)C(C)(C)COP(=O)([O-])OP(=O)([O-])OC[C@H]1O[C@@H](n2cnc3c(N)ncnc32)[C@H](O)[C@@H]1OP(=O)([O-])[O-]. The predicted octanol–water partition coefficient (Wildman–Crippen LogP) is -2.04.